The molecular formula is C17H27N7. The maximum atomic E-state index is 5.80. The predicted molar refractivity (Wildman–Crippen MR) is 96.0 cm³/mol. The van der Waals surface area contributed by atoms with Crippen LogP contribution in [0, 0.1) is 0 Å². The van der Waals surface area contributed by atoms with Gasteiger partial charge in [-0.2, -0.15) is 4.98 Å². The van der Waals surface area contributed by atoms with Crippen molar-refractivity contribution in [1.29, 1.82) is 0 Å². The maximum absolute atomic E-state index is 5.80. The molecule has 0 aromatic carbocycles. The minimum Gasteiger partial charge on any atom is -0.384 e. The van der Waals surface area contributed by atoms with Gasteiger partial charge in [0, 0.05) is 44.1 Å². The summed E-state index contributed by atoms with van der Waals surface area (Å²) in [6, 6.07) is 1.72. The van der Waals surface area contributed by atoms with Crippen molar-refractivity contribution in [3.63, 3.8) is 0 Å². The second-order valence-corrected chi connectivity index (χ2v) is 6.70. The zero-order chi connectivity index (χ0) is 16.9. The Morgan fingerprint density at radius 2 is 2.17 bits per heavy atom. The second-order valence-electron chi connectivity index (χ2n) is 6.70. The number of hydrogen-bond donors (Lipinski definition) is 1. The summed E-state index contributed by atoms with van der Waals surface area (Å²) >= 11 is 0. The number of rotatable bonds is 6. The number of aryl methyl sites for hydroxylation is 1. The Labute approximate surface area is 143 Å². The van der Waals surface area contributed by atoms with Crippen molar-refractivity contribution in [3.05, 3.63) is 30.5 Å². The van der Waals surface area contributed by atoms with Gasteiger partial charge in [0.1, 0.15) is 11.6 Å². The van der Waals surface area contributed by atoms with Crippen LogP contribution in [0.4, 0.5) is 11.8 Å². The highest BCUT2D eigenvalue weighted by Crippen LogP contribution is 2.28. The third kappa shape index (κ3) is 4.03. The summed E-state index contributed by atoms with van der Waals surface area (Å²) in [6.07, 6.45) is 9.15. The van der Waals surface area contributed by atoms with Gasteiger partial charge in [0.05, 0.1) is 0 Å². The fraction of sp³-hybridized carbons (Fsp3) is 0.588. The second kappa shape index (κ2) is 7.61. The van der Waals surface area contributed by atoms with Crippen molar-refractivity contribution in [2.75, 3.05) is 44.4 Å². The molecule has 3 heterocycles. The quantitative estimate of drug-likeness (QED) is 0.867. The lowest BCUT2D eigenvalue weighted by atomic mass is 9.97. The van der Waals surface area contributed by atoms with E-state index in [1.54, 1.807) is 12.3 Å². The maximum Gasteiger partial charge on any atom is 0.227 e. The highest BCUT2D eigenvalue weighted by atomic mass is 15.3. The number of nitrogen functional groups attached to an aromatic ring is 1. The number of anilines is 2. The molecule has 0 aliphatic carbocycles. The Balaban J connectivity index is 1.68. The van der Waals surface area contributed by atoms with E-state index < -0.39 is 0 Å². The molecule has 7 heteroatoms. The van der Waals surface area contributed by atoms with E-state index in [1.807, 2.05) is 6.20 Å². The van der Waals surface area contributed by atoms with E-state index in [0.29, 0.717) is 11.7 Å². The van der Waals surface area contributed by atoms with E-state index in [9.17, 15) is 0 Å². The van der Waals surface area contributed by atoms with E-state index in [0.717, 1.165) is 51.4 Å². The Morgan fingerprint density at radius 1 is 1.29 bits per heavy atom. The van der Waals surface area contributed by atoms with Gasteiger partial charge in [0.15, 0.2) is 0 Å². The Bertz CT molecular complexity index is 652. The van der Waals surface area contributed by atoms with Crippen LogP contribution in [-0.2, 0) is 6.54 Å². The smallest absolute Gasteiger partial charge is 0.227 e. The molecule has 0 bridgehead atoms. The third-order valence-electron chi connectivity index (χ3n) is 4.49. The van der Waals surface area contributed by atoms with Gasteiger partial charge in [0.25, 0.3) is 0 Å². The van der Waals surface area contributed by atoms with Crippen molar-refractivity contribution >= 4 is 11.8 Å². The van der Waals surface area contributed by atoms with Crippen LogP contribution < -0.4 is 10.6 Å². The highest BCUT2D eigenvalue weighted by molar-refractivity contribution is 5.38. The average molecular weight is 329 g/mol. The van der Waals surface area contributed by atoms with Gasteiger partial charge >= 0.3 is 0 Å². The molecule has 0 spiro atoms. The number of imidazole rings is 1. The Kier molecular flexibility index (Phi) is 5.30. The molecule has 0 radical (unpaired) electrons. The first-order valence-corrected chi connectivity index (χ1v) is 8.62. The van der Waals surface area contributed by atoms with Crippen LogP contribution in [0.25, 0.3) is 0 Å². The van der Waals surface area contributed by atoms with Crippen LogP contribution in [0.5, 0.6) is 0 Å². The van der Waals surface area contributed by atoms with Gasteiger partial charge in [0.2, 0.25) is 5.95 Å². The van der Waals surface area contributed by atoms with E-state index in [-0.39, 0.29) is 0 Å². The molecule has 0 unspecified atom stereocenters. The van der Waals surface area contributed by atoms with E-state index in [1.165, 1.54) is 5.82 Å². The summed E-state index contributed by atoms with van der Waals surface area (Å²) in [5.41, 5.74) is 5.80. The Hall–Kier alpha value is -2.15. The molecule has 130 valence electrons. The number of nitrogens with two attached hydrogens (primary N) is 1. The normalized spacial score (nSPS) is 18.3. The molecule has 1 saturated heterocycles. The lowest BCUT2D eigenvalue weighted by Gasteiger charge is -2.32. The summed E-state index contributed by atoms with van der Waals surface area (Å²) in [4.78, 5) is 17.8. The zero-order valence-corrected chi connectivity index (χ0v) is 14.6. The Morgan fingerprint density at radius 3 is 2.96 bits per heavy atom. The van der Waals surface area contributed by atoms with Crippen molar-refractivity contribution in [2.45, 2.75) is 31.7 Å². The van der Waals surface area contributed by atoms with E-state index in [4.69, 9.17) is 5.73 Å². The van der Waals surface area contributed by atoms with Crippen molar-refractivity contribution in [1.82, 2.24) is 24.4 Å². The molecule has 1 aliphatic rings. The first kappa shape index (κ1) is 16.7. The van der Waals surface area contributed by atoms with Crippen LogP contribution in [0.2, 0.25) is 0 Å². The summed E-state index contributed by atoms with van der Waals surface area (Å²) in [6.45, 7) is 3.97. The summed E-state index contributed by atoms with van der Waals surface area (Å²) < 4.78 is 2.30. The zero-order valence-electron chi connectivity index (χ0n) is 14.6. The average Bonchev–Trinajstić information content (AvgIpc) is 3.03. The SMILES string of the molecule is CN(C)CCCn1ccnc1[C@@H]1CCCN(c2nccc(N)n2)C1. The molecular weight excluding hydrogens is 302 g/mol. The molecule has 0 amide bonds. The fourth-order valence-electron chi connectivity index (χ4n) is 3.31. The molecule has 2 aromatic rings. The standard InChI is InChI=1S/C17H27N7/c1-22(2)9-4-11-23-12-8-19-16(23)14-5-3-10-24(13-14)17-20-7-6-15(18)21-17/h6-8,12,14H,3-5,9-11,13H2,1-2H3,(H2,18,20,21)/t14-/m1/s1. The summed E-state index contributed by atoms with van der Waals surface area (Å²) in [5.74, 6) is 2.85. The molecule has 1 atom stereocenters. The number of hydrogen-bond acceptors (Lipinski definition) is 6. The monoisotopic (exact) mass is 329 g/mol. The van der Waals surface area contributed by atoms with Crippen LogP contribution in [-0.4, -0.2) is 58.1 Å². The first-order chi connectivity index (χ1) is 11.6. The van der Waals surface area contributed by atoms with E-state index in [2.05, 4.69) is 49.6 Å². The van der Waals surface area contributed by atoms with Gasteiger partial charge in [-0.15, -0.1) is 0 Å². The van der Waals surface area contributed by atoms with Crippen molar-refractivity contribution < 1.29 is 0 Å². The fourth-order valence-corrected chi connectivity index (χ4v) is 3.31. The van der Waals surface area contributed by atoms with Gasteiger partial charge < -0.3 is 20.1 Å². The van der Waals surface area contributed by atoms with Gasteiger partial charge in [-0.3, -0.25) is 0 Å². The van der Waals surface area contributed by atoms with Crippen LogP contribution in [0.3, 0.4) is 0 Å². The van der Waals surface area contributed by atoms with E-state index >= 15 is 0 Å². The number of piperidine rings is 1. The number of nitrogens with zero attached hydrogens (tertiary/aromatic N) is 6. The molecule has 3 rings (SSSR count). The summed E-state index contributed by atoms with van der Waals surface area (Å²) in [7, 11) is 4.22. The van der Waals surface area contributed by atoms with Gasteiger partial charge in [-0.1, -0.05) is 0 Å². The molecule has 1 aliphatic heterocycles. The minimum atomic E-state index is 0.415. The topological polar surface area (TPSA) is 76.1 Å². The van der Waals surface area contributed by atoms with Crippen LogP contribution in [0.15, 0.2) is 24.7 Å². The molecule has 7 nitrogen and oxygen atoms in total. The van der Waals surface area contributed by atoms with Crippen molar-refractivity contribution in [2.24, 2.45) is 0 Å². The van der Waals surface area contributed by atoms with Gasteiger partial charge in [-0.05, 0) is 46.0 Å². The number of aromatic nitrogens is 4. The van der Waals surface area contributed by atoms with Crippen LogP contribution in [0.1, 0.15) is 31.0 Å². The lowest BCUT2D eigenvalue weighted by Crippen LogP contribution is -2.36. The largest absolute Gasteiger partial charge is 0.384 e. The van der Waals surface area contributed by atoms with Gasteiger partial charge in [-0.25, -0.2) is 9.97 Å². The lowest BCUT2D eigenvalue weighted by molar-refractivity contribution is 0.380. The molecule has 2 aromatic heterocycles. The minimum absolute atomic E-state index is 0.415. The third-order valence-corrected chi connectivity index (χ3v) is 4.49. The van der Waals surface area contributed by atoms with Crippen molar-refractivity contribution in [3.8, 4) is 0 Å². The molecule has 1 fully saturated rings. The molecule has 2 N–H and O–H groups in total. The predicted octanol–water partition coefficient (Wildman–Crippen LogP) is 1.59. The molecule has 24 heavy (non-hydrogen) atoms. The first-order valence-electron chi connectivity index (χ1n) is 8.62. The molecule has 0 saturated carbocycles. The summed E-state index contributed by atoms with van der Waals surface area (Å²) in [5, 5.41) is 0. The van der Waals surface area contributed by atoms with Crippen LogP contribution >= 0.6 is 0 Å². The highest BCUT2D eigenvalue weighted by Gasteiger charge is 2.26.